The first kappa shape index (κ1) is 21.0. The van der Waals surface area contributed by atoms with Crippen LogP contribution in [0.1, 0.15) is 53.4 Å². The summed E-state index contributed by atoms with van der Waals surface area (Å²) in [4.78, 5) is 24.0. The Morgan fingerprint density at radius 1 is 1.09 bits per heavy atom. The maximum Gasteiger partial charge on any atom is 0.222 e. The number of aliphatic hydroxyl groups is 2. The molecule has 130 valence electrons. The van der Waals surface area contributed by atoms with E-state index in [1.807, 2.05) is 27.7 Å². The summed E-state index contributed by atoms with van der Waals surface area (Å²) in [6.45, 7) is 7.98. The van der Waals surface area contributed by atoms with E-state index in [1.54, 1.807) is 0 Å². The Balaban J connectivity index is 4.15. The van der Waals surface area contributed by atoms with Crippen LogP contribution in [0.15, 0.2) is 0 Å². The van der Waals surface area contributed by atoms with Crippen LogP contribution in [-0.4, -0.2) is 53.2 Å². The number of amides is 1. The molecular weight excluding hydrogens is 284 g/mol. The van der Waals surface area contributed by atoms with E-state index in [9.17, 15) is 14.7 Å². The van der Waals surface area contributed by atoms with Crippen molar-refractivity contribution in [1.29, 1.82) is 0 Å². The fraction of sp³-hybridized carbons (Fsp3) is 0.875. The number of nitrogens with one attached hydrogen (secondary N) is 2. The van der Waals surface area contributed by atoms with E-state index in [0.29, 0.717) is 25.8 Å². The second-order valence-electron chi connectivity index (χ2n) is 6.29. The summed E-state index contributed by atoms with van der Waals surface area (Å²) in [5.41, 5.74) is 0. The minimum atomic E-state index is -0.528. The van der Waals surface area contributed by atoms with Crippen LogP contribution in [0, 0.1) is 5.92 Å². The van der Waals surface area contributed by atoms with E-state index in [0.717, 1.165) is 0 Å². The van der Waals surface area contributed by atoms with E-state index >= 15 is 0 Å². The van der Waals surface area contributed by atoms with Gasteiger partial charge in [0, 0.05) is 31.5 Å². The number of carbonyl (C=O) groups excluding carboxylic acids is 2. The van der Waals surface area contributed by atoms with Crippen molar-refractivity contribution in [3.8, 4) is 0 Å². The molecule has 0 aliphatic rings. The highest BCUT2D eigenvalue weighted by atomic mass is 16.3. The first-order chi connectivity index (χ1) is 10.3. The fourth-order valence-electron chi connectivity index (χ4n) is 2.16. The number of rotatable bonds is 12. The molecule has 0 radical (unpaired) electrons. The first-order valence-corrected chi connectivity index (χ1v) is 8.13. The predicted molar refractivity (Wildman–Crippen MR) is 86.5 cm³/mol. The zero-order valence-electron chi connectivity index (χ0n) is 14.3. The van der Waals surface area contributed by atoms with E-state index in [4.69, 9.17) is 5.11 Å². The standard InChI is InChI=1S/C16H32N2O4/c1-11(2)16(22)14(18-12(3)4)10-15(21)17-8-5-6-13(20)7-9-19/h11-14,18-20H,5-10H2,1-4H3,(H,17,21). The van der Waals surface area contributed by atoms with Gasteiger partial charge in [-0.3, -0.25) is 9.59 Å². The van der Waals surface area contributed by atoms with Gasteiger partial charge >= 0.3 is 0 Å². The van der Waals surface area contributed by atoms with Crippen molar-refractivity contribution in [3.05, 3.63) is 0 Å². The molecular formula is C16H32N2O4. The molecule has 0 aromatic carbocycles. The highest BCUT2D eigenvalue weighted by molar-refractivity contribution is 5.90. The van der Waals surface area contributed by atoms with Gasteiger partial charge in [-0.05, 0) is 19.3 Å². The zero-order valence-corrected chi connectivity index (χ0v) is 14.3. The third-order valence-corrected chi connectivity index (χ3v) is 3.34. The molecule has 2 atom stereocenters. The SMILES string of the molecule is CC(C)NC(CC(=O)NCCCC(O)CCO)C(=O)C(C)C. The number of Topliss-reactive ketones (excluding diaryl/α,β-unsaturated/α-hetero) is 1. The van der Waals surface area contributed by atoms with Crippen molar-refractivity contribution in [1.82, 2.24) is 10.6 Å². The molecule has 6 heteroatoms. The Morgan fingerprint density at radius 3 is 2.23 bits per heavy atom. The highest BCUT2D eigenvalue weighted by Crippen LogP contribution is 2.05. The van der Waals surface area contributed by atoms with Gasteiger partial charge in [-0.25, -0.2) is 0 Å². The summed E-state index contributed by atoms with van der Waals surface area (Å²) >= 11 is 0. The number of carbonyl (C=O) groups is 2. The van der Waals surface area contributed by atoms with Crippen molar-refractivity contribution in [2.45, 2.75) is 71.6 Å². The largest absolute Gasteiger partial charge is 0.396 e. The lowest BCUT2D eigenvalue weighted by molar-refractivity contribution is -0.129. The van der Waals surface area contributed by atoms with Crippen molar-refractivity contribution in [2.24, 2.45) is 5.92 Å². The normalized spacial score (nSPS) is 14.2. The number of ketones is 1. The quantitative estimate of drug-likeness (QED) is 0.395. The van der Waals surface area contributed by atoms with Crippen LogP contribution in [0.25, 0.3) is 0 Å². The van der Waals surface area contributed by atoms with Crippen molar-refractivity contribution in [3.63, 3.8) is 0 Å². The summed E-state index contributed by atoms with van der Waals surface area (Å²) in [5.74, 6) is -0.233. The maximum atomic E-state index is 12.1. The number of aliphatic hydroxyl groups excluding tert-OH is 2. The molecule has 0 heterocycles. The van der Waals surface area contributed by atoms with Crippen LogP contribution < -0.4 is 10.6 Å². The molecule has 0 aliphatic heterocycles. The molecule has 4 N–H and O–H groups in total. The average Bonchev–Trinajstić information content (AvgIpc) is 2.41. The second-order valence-corrected chi connectivity index (χ2v) is 6.29. The van der Waals surface area contributed by atoms with Gasteiger partial charge in [-0.15, -0.1) is 0 Å². The molecule has 22 heavy (non-hydrogen) atoms. The van der Waals surface area contributed by atoms with Crippen LogP contribution in [0.4, 0.5) is 0 Å². The number of hydrogen-bond acceptors (Lipinski definition) is 5. The van der Waals surface area contributed by atoms with Crippen LogP contribution in [0.3, 0.4) is 0 Å². The molecule has 0 spiro atoms. The molecule has 6 nitrogen and oxygen atoms in total. The van der Waals surface area contributed by atoms with Crippen LogP contribution in [0.5, 0.6) is 0 Å². The van der Waals surface area contributed by atoms with Gasteiger partial charge in [0.2, 0.25) is 5.91 Å². The monoisotopic (exact) mass is 316 g/mol. The minimum absolute atomic E-state index is 0.0343. The van der Waals surface area contributed by atoms with E-state index in [1.165, 1.54) is 0 Å². The smallest absolute Gasteiger partial charge is 0.222 e. The van der Waals surface area contributed by atoms with Gasteiger partial charge in [0.25, 0.3) is 0 Å². The molecule has 0 fully saturated rings. The third kappa shape index (κ3) is 9.87. The van der Waals surface area contributed by atoms with Gasteiger partial charge in [-0.1, -0.05) is 27.7 Å². The summed E-state index contributed by atoms with van der Waals surface area (Å²) in [7, 11) is 0. The zero-order chi connectivity index (χ0) is 17.1. The van der Waals surface area contributed by atoms with Gasteiger partial charge in [0.05, 0.1) is 12.1 Å². The third-order valence-electron chi connectivity index (χ3n) is 3.34. The van der Waals surface area contributed by atoms with Gasteiger partial charge < -0.3 is 20.8 Å². The Kier molecular flexibility index (Phi) is 11.1. The lowest BCUT2D eigenvalue weighted by Crippen LogP contribution is -2.45. The Labute approximate surface area is 133 Å². The molecule has 1 amide bonds. The summed E-state index contributed by atoms with van der Waals surface area (Å²) in [6.07, 6.45) is 1.15. The van der Waals surface area contributed by atoms with Crippen LogP contribution in [0.2, 0.25) is 0 Å². The highest BCUT2D eigenvalue weighted by Gasteiger charge is 2.24. The van der Waals surface area contributed by atoms with E-state index in [2.05, 4.69) is 10.6 Å². The Bertz CT molecular complexity index is 332. The molecule has 0 aliphatic carbocycles. The van der Waals surface area contributed by atoms with Crippen molar-refractivity contribution < 1.29 is 19.8 Å². The van der Waals surface area contributed by atoms with E-state index in [-0.39, 0.29) is 36.7 Å². The van der Waals surface area contributed by atoms with Gasteiger partial charge in [0.1, 0.15) is 0 Å². The fourth-order valence-corrected chi connectivity index (χ4v) is 2.16. The number of hydrogen-bond donors (Lipinski definition) is 4. The van der Waals surface area contributed by atoms with E-state index < -0.39 is 12.1 Å². The lowest BCUT2D eigenvalue weighted by Gasteiger charge is -2.21. The molecule has 2 unspecified atom stereocenters. The average molecular weight is 316 g/mol. The Morgan fingerprint density at radius 2 is 1.73 bits per heavy atom. The molecule has 0 saturated heterocycles. The molecule has 0 aromatic heterocycles. The molecule has 0 saturated carbocycles. The maximum absolute atomic E-state index is 12.1. The lowest BCUT2D eigenvalue weighted by atomic mass is 9.98. The first-order valence-electron chi connectivity index (χ1n) is 8.13. The van der Waals surface area contributed by atoms with Crippen molar-refractivity contribution in [2.75, 3.05) is 13.2 Å². The summed E-state index contributed by atoms with van der Waals surface area (Å²) in [6, 6.07) is -0.325. The molecule has 0 aromatic rings. The van der Waals surface area contributed by atoms with Crippen LogP contribution >= 0.6 is 0 Å². The van der Waals surface area contributed by atoms with Crippen LogP contribution in [-0.2, 0) is 9.59 Å². The van der Waals surface area contributed by atoms with Crippen molar-refractivity contribution >= 4 is 11.7 Å². The second kappa shape index (κ2) is 11.6. The summed E-state index contributed by atoms with van der Waals surface area (Å²) < 4.78 is 0. The molecule has 0 rings (SSSR count). The Hall–Kier alpha value is -0.980. The van der Waals surface area contributed by atoms with Gasteiger partial charge in [-0.2, -0.15) is 0 Å². The van der Waals surface area contributed by atoms with Gasteiger partial charge in [0.15, 0.2) is 5.78 Å². The summed E-state index contributed by atoms with van der Waals surface area (Å²) in [5, 5.41) is 24.1. The minimum Gasteiger partial charge on any atom is -0.396 e. The topological polar surface area (TPSA) is 98.7 Å². The molecule has 0 bridgehead atoms. The predicted octanol–water partition coefficient (Wildman–Crippen LogP) is 0.608.